The Balaban J connectivity index is 1.85. The second kappa shape index (κ2) is 6.13. The molecule has 1 aromatic carbocycles. The maximum atomic E-state index is 12.1. The van der Waals surface area contributed by atoms with Gasteiger partial charge in [0, 0.05) is 13.1 Å². The van der Waals surface area contributed by atoms with Crippen molar-refractivity contribution in [3.63, 3.8) is 0 Å². The van der Waals surface area contributed by atoms with Crippen LogP contribution in [0.1, 0.15) is 18.9 Å². The molecule has 6 nitrogen and oxygen atoms in total. The SMILES string of the molecule is CC1(C(=O)NCCc2ccc(S(N)(=O)=O)cc2)CCNC1. The summed E-state index contributed by atoms with van der Waals surface area (Å²) in [5.41, 5.74) is 0.634. The molecule has 1 atom stereocenters. The molecule has 1 amide bonds. The van der Waals surface area contributed by atoms with E-state index < -0.39 is 10.0 Å². The van der Waals surface area contributed by atoms with Crippen LogP contribution in [0.4, 0.5) is 0 Å². The number of nitrogens with one attached hydrogen (secondary N) is 2. The molecule has 0 aromatic heterocycles. The maximum Gasteiger partial charge on any atom is 0.238 e. The van der Waals surface area contributed by atoms with Crippen LogP contribution < -0.4 is 15.8 Å². The maximum absolute atomic E-state index is 12.1. The molecule has 1 aliphatic heterocycles. The van der Waals surface area contributed by atoms with E-state index >= 15 is 0 Å². The molecule has 1 saturated heterocycles. The third-order valence-electron chi connectivity index (χ3n) is 3.87. The molecule has 1 heterocycles. The summed E-state index contributed by atoms with van der Waals surface area (Å²) in [6.07, 6.45) is 1.50. The van der Waals surface area contributed by atoms with Crippen LogP contribution in [0.3, 0.4) is 0 Å². The molecule has 0 aliphatic carbocycles. The van der Waals surface area contributed by atoms with Gasteiger partial charge >= 0.3 is 0 Å². The van der Waals surface area contributed by atoms with Crippen LogP contribution in [0.2, 0.25) is 0 Å². The third kappa shape index (κ3) is 4.03. The van der Waals surface area contributed by atoms with Gasteiger partial charge in [-0.25, -0.2) is 13.6 Å². The molecule has 0 bridgehead atoms. The van der Waals surface area contributed by atoms with Gasteiger partial charge in [0.1, 0.15) is 0 Å². The number of nitrogens with two attached hydrogens (primary N) is 1. The fourth-order valence-corrected chi connectivity index (χ4v) is 2.91. The number of primary sulfonamides is 1. The summed E-state index contributed by atoms with van der Waals surface area (Å²) < 4.78 is 22.3. The fourth-order valence-electron chi connectivity index (χ4n) is 2.39. The highest BCUT2D eigenvalue weighted by atomic mass is 32.2. The van der Waals surface area contributed by atoms with E-state index in [1.807, 2.05) is 6.92 Å². The van der Waals surface area contributed by atoms with Gasteiger partial charge in [-0.05, 0) is 44.0 Å². The van der Waals surface area contributed by atoms with E-state index in [1.54, 1.807) is 12.1 Å². The summed E-state index contributed by atoms with van der Waals surface area (Å²) in [7, 11) is -3.65. The zero-order valence-corrected chi connectivity index (χ0v) is 12.9. The number of rotatable bonds is 5. The van der Waals surface area contributed by atoms with Gasteiger partial charge in [-0.3, -0.25) is 4.79 Å². The Morgan fingerprint density at radius 3 is 2.57 bits per heavy atom. The normalized spacial score (nSPS) is 22.2. The van der Waals surface area contributed by atoms with Crippen molar-refractivity contribution in [1.82, 2.24) is 10.6 Å². The van der Waals surface area contributed by atoms with E-state index in [9.17, 15) is 13.2 Å². The Morgan fingerprint density at radius 2 is 2.05 bits per heavy atom. The number of carbonyl (C=O) groups is 1. The molecule has 1 aromatic rings. The number of benzene rings is 1. The zero-order chi connectivity index (χ0) is 15.5. The minimum Gasteiger partial charge on any atom is -0.355 e. The average molecular weight is 311 g/mol. The van der Waals surface area contributed by atoms with Gasteiger partial charge in [0.05, 0.1) is 10.3 Å². The lowest BCUT2D eigenvalue weighted by atomic mass is 9.89. The highest BCUT2D eigenvalue weighted by Crippen LogP contribution is 2.24. The number of carbonyl (C=O) groups excluding carboxylic acids is 1. The summed E-state index contributed by atoms with van der Waals surface area (Å²) in [5.74, 6) is 0.0636. The van der Waals surface area contributed by atoms with Crippen molar-refractivity contribution in [3.8, 4) is 0 Å². The van der Waals surface area contributed by atoms with Gasteiger partial charge in [-0.2, -0.15) is 0 Å². The summed E-state index contributed by atoms with van der Waals surface area (Å²) in [6.45, 7) is 4.08. The lowest BCUT2D eigenvalue weighted by molar-refractivity contribution is -0.129. The smallest absolute Gasteiger partial charge is 0.238 e. The quantitative estimate of drug-likeness (QED) is 0.712. The Bertz CT molecular complexity index is 605. The van der Waals surface area contributed by atoms with Gasteiger partial charge in [0.2, 0.25) is 15.9 Å². The van der Waals surface area contributed by atoms with Crippen LogP contribution in [0.15, 0.2) is 29.2 Å². The monoisotopic (exact) mass is 311 g/mol. The van der Waals surface area contributed by atoms with Gasteiger partial charge in [-0.1, -0.05) is 12.1 Å². The lowest BCUT2D eigenvalue weighted by Gasteiger charge is -2.21. The van der Waals surface area contributed by atoms with E-state index in [-0.39, 0.29) is 16.2 Å². The van der Waals surface area contributed by atoms with Crippen LogP contribution in [-0.4, -0.2) is 34.0 Å². The Morgan fingerprint density at radius 1 is 1.38 bits per heavy atom. The molecule has 0 saturated carbocycles. The van der Waals surface area contributed by atoms with Crippen molar-refractivity contribution < 1.29 is 13.2 Å². The number of hydrogen-bond acceptors (Lipinski definition) is 4. The molecule has 0 spiro atoms. The number of sulfonamides is 1. The van der Waals surface area contributed by atoms with Crippen LogP contribution in [0.5, 0.6) is 0 Å². The molecule has 21 heavy (non-hydrogen) atoms. The first kappa shape index (κ1) is 15.9. The highest BCUT2D eigenvalue weighted by molar-refractivity contribution is 7.89. The number of amides is 1. The predicted molar refractivity (Wildman–Crippen MR) is 80.1 cm³/mol. The first-order valence-corrected chi connectivity index (χ1v) is 8.47. The number of hydrogen-bond donors (Lipinski definition) is 3. The first-order valence-electron chi connectivity index (χ1n) is 6.92. The Hall–Kier alpha value is -1.44. The summed E-state index contributed by atoms with van der Waals surface area (Å²) in [4.78, 5) is 12.2. The standard InChI is InChI=1S/C14H21N3O3S/c1-14(7-9-16-10-14)13(18)17-8-6-11-2-4-12(5-3-11)21(15,19)20/h2-5,16H,6-10H2,1H3,(H,17,18)(H2,15,19,20). The van der Waals surface area contributed by atoms with Gasteiger partial charge in [0.15, 0.2) is 0 Å². The van der Waals surface area contributed by atoms with E-state index in [4.69, 9.17) is 5.14 Å². The Labute approximate surface area is 125 Å². The van der Waals surface area contributed by atoms with Crippen molar-refractivity contribution in [3.05, 3.63) is 29.8 Å². The summed E-state index contributed by atoms with van der Waals surface area (Å²) >= 11 is 0. The molecule has 2 rings (SSSR count). The highest BCUT2D eigenvalue weighted by Gasteiger charge is 2.35. The lowest BCUT2D eigenvalue weighted by Crippen LogP contribution is -2.41. The van der Waals surface area contributed by atoms with Gasteiger partial charge < -0.3 is 10.6 Å². The van der Waals surface area contributed by atoms with E-state index in [2.05, 4.69) is 10.6 Å². The molecule has 1 aliphatic rings. The second-order valence-electron chi connectivity index (χ2n) is 5.68. The molecule has 1 unspecified atom stereocenters. The average Bonchev–Trinajstić information content (AvgIpc) is 2.86. The van der Waals surface area contributed by atoms with Crippen molar-refractivity contribution in [2.45, 2.75) is 24.7 Å². The van der Waals surface area contributed by atoms with Crippen LogP contribution >= 0.6 is 0 Å². The predicted octanol–water partition coefficient (Wildman–Crippen LogP) is -0.00770. The minimum atomic E-state index is -3.65. The molecule has 4 N–H and O–H groups in total. The molecular weight excluding hydrogens is 290 g/mol. The minimum absolute atomic E-state index is 0.0636. The largest absolute Gasteiger partial charge is 0.355 e. The molecule has 1 fully saturated rings. The van der Waals surface area contributed by atoms with E-state index in [0.29, 0.717) is 19.5 Å². The van der Waals surface area contributed by atoms with E-state index in [0.717, 1.165) is 18.5 Å². The fraction of sp³-hybridized carbons (Fsp3) is 0.500. The van der Waals surface area contributed by atoms with Crippen molar-refractivity contribution >= 4 is 15.9 Å². The van der Waals surface area contributed by atoms with E-state index in [1.165, 1.54) is 12.1 Å². The second-order valence-corrected chi connectivity index (χ2v) is 7.24. The van der Waals surface area contributed by atoms with Crippen molar-refractivity contribution in [1.29, 1.82) is 0 Å². The molecular formula is C14H21N3O3S. The molecule has 7 heteroatoms. The molecule has 0 radical (unpaired) electrons. The van der Waals surface area contributed by atoms with Crippen molar-refractivity contribution in [2.24, 2.45) is 10.6 Å². The van der Waals surface area contributed by atoms with Gasteiger partial charge in [-0.15, -0.1) is 0 Å². The summed E-state index contributed by atoms with van der Waals surface area (Å²) in [6, 6.07) is 6.39. The van der Waals surface area contributed by atoms with Crippen LogP contribution in [0.25, 0.3) is 0 Å². The topological polar surface area (TPSA) is 101 Å². The molecule has 116 valence electrons. The van der Waals surface area contributed by atoms with Crippen molar-refractivity contribution in [2.75, 3.05) is 19.6 Å². The van der Waals surface area contributed by atoms with Gasteiger partial charge in [0.25, 0.3) is 0 Å². The summed E-state index contributed by atoms with van der Waals surface area (Å²) in [5, 5.41) is 11.2. The Kier molecular flexibility index (Phi) is 4.65. The van der Waals surface area contributed by atoms with Crippen LogP contribution in [0, 0.1) is 5.41 Å². The van der Waals surface area contributed by atoms with Crippen LogP contribution in [-0.2, 0) is 21.2 Å². The zero-order valence-electron chi connectivity index (χ0n) is 12.1. The first-order chi connectivity index (χ1) is 9.81. The third-order valence-corrected chi connectivity index (χ3v) is 4.80.